The first-order chi connectivity index (χ1) is 8.76. The Bertz CT molecular complexity index is 639. The fraction of sp³-hybridized carbons (Fsp3) is 0.200. The lowest BCUT2D eigenvalue weighted by Crippen LogP contribution is -1.94. The second-order valence-electron chi connectivity index (χ2n) is 4.34. The molecule has 92 valence electrons. The van der Waals surface area contributed by atoms with Crippen molar-refractivity contribution >= 4 is 21.4 Å². The highest BCUT2D eigenvalue weighted by Gasteiger charge is 2.14. The van der Waals surface area contributed by atoms with Crippen molar-refractivity contribution in [2.75, 3.05) is 7.11 Å². The third-order valence-electron chi connectivity index (χ3n) is 3.17. The summed E-state index contributed by atoms with van der Waals surface area (Å²) in [5.41, 5.74) is 0. The summed E-state index contributed by atoms with van der Waals surface area (Å²) >= 11 is 1.75. The zero-order valence-corrected chi connectivity index (χ0v) is 10.8. The highest BCUT2D eigenvalue weighted by Crippen LogP contribution is 2.36. The van der Waals surface area contributed by atoms with Crippen molar-refractivity contribution in [3.63, 3.8) is 0 Å². The Balaban J connectivity index is 1.96. The molecule has 2 aromatic rings. The Kier molecular flexibility index (Phi) is 2.92. The number of fused-ring (bicyclic) bond motifs is 1. The lowest BCUT2D eigenvalue weighted by molar-refractivity contribution is 0.415. The molecule has 1 aromatic carbocycles. The maximum atomic E-state index is 12.9. The summed E-state index contributed by atoms with van der Waals surface area (Å²) in [4.78, 5) is 1.28. The van der Waals surface area contributed by atoms with Crippen molar-refractivity contribution in [1.82, 2.24) is 0 Å². The van der Waals surface area contributed by atoms with Crippen molar-refractivity contribution in [3.8, 4) is 5.75 Å². The van der Waals surface area contributed by atoms with Crippen molar-refractivity contribution in [2.45, 2.75) is 12.3 Å². The van der Waals surface area contributed by atoms with Crippen molar-refractivity contribution < 1.29 is 9.13 Å². The van der Waals surface area contributed by atoms with Crippen LogP contribution in [-0.4, -0.2) is 7.11 Å². The topological polar surface area (TPSA) is 9.23 Å². The van der Waals surface area contributed by atoms with E-state index in [-0.39, 0.29) is 5.83 Å². The van der Waals surface area contributed by atoms with Crippen LogP contribution >= 0.6 is 11.3 Å². The molecule has 1 atom stereocenters. The van der Waals surface area contributed by atoms with Crippen LogP contribution in [0.2, 0.25) is 0 Å². The summed E-state index contributed by atoms with van der Waals surface area (Å²) in [5.74, 6) is 1.04. The van der Waals surface area contributed by atoms with Crippen LogP contribution in [0.3, 0.4) is 0 Å². The molecule has 0 fully saturated rings. The fourth-order valence-electron chi connectivity index (χ4n) is 2.15. The van der Waals surface area contributed by atoms with E-state index in [0.717, 1.165) is 12.2 Å². The molecule has 0 radical (unpaired) electrons. The number of benzene rings is 1. The minimum absolute atomic E-state index is 0.131. The van der Waals surface area contributed by atoms with Gasteiger partial charge in [0.2, 0.25) is 0 Å². The molecule has 1 heterocycles. The molecular weight excluding hydrogens is 247 g/mol. The van der Waals surface area contributed by atoms with Gasteiger partial charge in [-0.3, -0.25) is 0 Å². The van der Waals surface area contributed by atoms with Gasteiger partial charge in [0.15, 0.2) is 0 Å². The molecule has 1 aromatic heterocycles. The van der Waals surface area contributed by atoms with Gasteiger partial charge in [-0.15, -0.1) is 11.3 Å². The number of thiophene rings is 1. The van der Waals surface area contributed by atoms with Crippen LogP contribution in [0.1, 0.15) is 17.2 Å². The van der Waals surface area contributed by atoms with E-state index >= 15 is 0 Å². The number of rotatable bonds is 2. The zero-order valence-electron chi connectivity index (χ0n) is 10.0. The van der Waals surface area contributed by atoms with Crippen LogP contribution < -0.4 is 4.74 Å². The van der Waals surface area contributed by atoms with Crippen LogP contribution in [-0.2, 0) is 0 Å². The van der Waals surface area contributed by atoms with Crippen LogP contribution in [0, 0.1) is 0 Å². The summed E-state index contributed by atoms with van der Waals surface area (Å²) in [5, 5.41) is 1.22. The standard InChI is InChI=1S/C15H13FOS/c1-17-13-7-4-11-8-14(18-15(11)9-13)10-2-5-12(16)6-3-10/h2,4-10H,3H2,1H3. The lowest BCUT2D eigenvalue weighted by Gasteiger charge is -2.10. The highest BCUT2D eigenvalue weighted by atomic mass is 32.1. The van der Waals surface area contributed by atoms with E-state index in [1.807, 2.05) is 18.2 Å². The van der Waals surface area contributed by atoms with Crippen LogP contribution in [0.4, 0.5) is 4.39 Å². The van der Waals surface area contributed by atoms with E-state index in [9.17, 15) is 4.39 Å². The first kappa shape index (κ1) is 11.5. The molecule has 0 spiro atoms. The summed E-state index contributed by atoms with van der Waals surface area (Å²) < 4.78 is 19.4. The number of hydrogen-bond acceptors (Lipinski definition) is 2. The highest BCUT2D eigenvalue weighted by molar-refractivity contribution is 7.19. The minimum Gasteiger partial charge on any atom is -0.497 e. The predicted octanol–water partition coefficient (Wildman–Crippen LogP) is 4.81. The monoisotopic (exact) mass is 260 g/mol. The predicted molar refractivity (Wildman–Crippen MR) is 74.1 cm³/mol. The van der Waals surface area contributed by atoms with Gasteiger partial charge in [0.05, 0.1) is 7.11 Å². The molecule has 3 heteroatoms. The molecule has 0 aliphatic heterocycles. The largest absolute Gasteiger partial charge is 0.497 e. The first-order valence-corrected chi connectivity index (χ1v) is 6.69. The molecule has 0 saturated carbocycles. The Labute approximate surface area is 109 Å². The fourth-order valence-corrected chi connectivity index (χ4v) is 3.33. The van der Waals surface area contributed by atoms with Gasteiger partial charge in [0, 0.05) is 15.5 Å². The number of methoxy groups -OCH3 is 1. The van der Waals surface area contributed by atoms with Crippen LogP contribution in [0.5, 0.6) is 5.75 Å². The summed E-state index contributed by atoms with van der Waals surface area (Å²) in [6.45, 7) is 0. The summed E-state index contributed by atoms with van der Waals surface area (Å²) in [6, 6.07) is 8.27. The molecule has 1 aliphatic rings. The zero-order chi connectivity index (χ0) is 12.5. The lowest BCUT2D eigenvalue weighted by atomic mass is 9.98. The van der Waals surface area contributed by atoms with Crippen LogP contribution in [0.25, 0.3) is 10.1 Å². The van der Waals surface area contributed by atoms with E-state index in [4.69, 9.17) is 4.74 Å². The summed E-state index contributed by atoms with van der Waals surface area (Å²) in [6.07, 6.45) is 5.89. The first-order valence-electron chi connectivity index (χ1n) is 5.87. The smallest absolute Gasteiger partial charge is 0.120 e. The molecule has 0 N–H and O–H groups in total. The average molecular weight is 260 g/mol. The average Bonchev–Trinajstić information content (AvgIpc) is 2.82. The number of hydrogen-bond donors (Lipinski definition) is 0. The second kappa shape index (κ2) is 4.58. The maximum absolute atomic E-state index is 12.9. The van der Waals surface area contributed by atoms with E-state index in [1.165, 1.54) is 15.0 Å². The molecular formula is C15H13FOS. The number of halogens is 1. The van der Waals surface area contributed by atoms with E-state index < -0.39 is 0 Å². The molecule has 1 aliphatic carbocycles. The number of allylic oxidation sites excluding steroid dienone is 4. The van der Waals surface area contributed by atoms with Crippen LogP contribution in [0.15, 0.2) is 48.3 Å². The second-order valence-corrected chi connectivity index (χ2v) is 5.46. The molecule has 0 saturated heterocycles. The van der Waals surface area contributed by atoms with Gasteiger partial charge in [-0.05, 0) is 48.2 Å². The van der Waals surface area contributed by atoms with Gasteiger partial charge < -0.3 is 4.74 Å². The van der Waals surface area contributed by atoms with E-state index in [1.54, 1.807) is 30.6 Å². The van der Waals surface area contributed by atoms with Gasteiger partial charge in [-0.2, -0.15) is 0 Å². The third kappa shape index (κ3) is 2.06. The molecule has 1 nitrogen and oxygen atoms in total. The van der Waals surface area contributed by atoms with E-state index in [0.29, 0.717) is 5.92 Å². The van der Waals surface area contributed by atoms with Gasteiger partial charge in [-0.1, -0.05) is 6.08 Å². The van der Waals surface area contributed by atoms with Gasteiger partial charge >= 0.3 is 0 Å². The maximum Gasteiger partial charge on any atom is 0.120 e. The van der Waals surface area contributed by atoms with Crippen molar-refractivity contribution in [1.29, 1.82) is 0 Å². The van der Waals surface area contributed by atoms with Gasteiger partial charge in [0.25, 0.3) is 0 Å². The molecule has 1 unspecified atom stereocenters. The molecule has 0 bridgehead atoms. The third-order valence-corrected chi connectivity index (χ3v) is 4.40. The Hall–Kier alpha value is -1.61. The molecule has 0 amide bonds. The van der Waals surface area contributed by atoms with Crippen molar-refractivity contribution in [3.05, 3.63) is 53.2 Å². The molecule has 18 heavy (non-hydrogen) atoms. The number of ether oxygens (including phenoxy) is 1. The minimum atomic E-state index is -0.131. The Morgan fingerprint density at radius 2 is 2.22 bits per heavy atom. The van der Waals surface area contributed by atoms with Gasteiger partial charge in [0.1, 0.15) is 11.6 Å². The summed E-state index contributed by atoms with van der Waals surface area (Å²) in [7, 11) is 1.67. The SMILES string of the molecule is COc1ccc2cc(C3C=CC(F)=CC3)sc2c1. The molecule has 3 rings (SSSR count). The van der Waals surface area contributed by atoms with E-state index in [2.05, 4.69) is 12.1 Å². The van der Waals surface area contributed by atoms with Crippen molar-refractivity contribution in [2.24, 2.45) is 0 Å². The quantitative estimate of drug-likeness (QED) is 0.753. The normalized spacial score (nSPS) is 19.0. The Morgan fingerprint density at radius 3 is 2.94 bits per heavy atom. The van der Waals surface area contributed by atoms with Gasteiger partial charge in [-0.25, -0.2) is 4.39 Å². The Morgan fingerprint density at radius 1 is 1.33 bits per heavy atom.